The van der Waals surface area contributed by atoms with Crippen molar-refractivity contribution in [3.63, 3.8) is 0 Å². The van der Waals surface area contributed by atoms with Crippen LogP contribution in [-0.4, -0.2) is 44.0 Å². The number of alkyl halides is 2. The zero-order valence-corrected chi connectivity index (χ0v) is 17.6. The maximum atomic E-state index is 13.3. The monoisotopic (exact) mass is 432 g/mol. The van der Waals surface area contributed by atoms with Crippen molar-refractivity contribution in [2.45, 2.75) is 50.7 Å². The number of pyridine rings is 1. The fourth-order valence-corrected chi connectivity index (χ4v) is 5.00. The third kappa shape index (κ3) is 5.71. The molecule has 2 heterocycles. The quantitative estimate of drug-likeness (QED) is 0.690. The van der Waals surface area contributed by atoms with Gasteiger partial charge in [-0.3, -0.25) is 4.79 Å². The maximum Gasteiger partial charge on any atom is 0.345 e. The molecule has 1 aliphatic carbocycles. The van der Waals surface area contributed by atoms with Gasteiger partial charge in [0.05, 0.1) is 19.3 Å². The number of ether oxygens (including phenoxy) is 2. The maximum absolute atomic E-state index is 13.3. The average molecular weight is 433 g/mol. The largest absolute Gasteiger partial charge is 0.378 e. The lowest BCUT2D eigenvalue weighted by Gasteiger charge is -2.33. The third-order valence-corrected chi connectivity index (χ3v) is 6.47. The highest BCUT2D eigenvalue weighted by Crippen LogP contribution is 2.40. The Bertz CT molecular complexity index is 884. The molecule has 1 N–H and O–H groups in total. The minimum Gasteiger partial charge on any atom is -0.378 e. The van der Waals surface area contributed by atoms with E-state index in [0.29, 0.717) is 26.1 Å². The predicted molar refractivity (Wildman–Crippen MR) is 116 cm³/mol. The SMILES string of the molecule is O=c1cc(N2CCOCC2)cc(C2CCCC[C@H](OC(F)F)[C@H]2Cc2ccccc2)[nH]1. The second-order valence-electron chi connectivity index (χ2n) is 8.44. The van der Waals surface area contributed by atoms with E-state index >= 15 is 0 Å². The Hall–Kier alpha value is -2.25. The normalized spacial score (nSPS) is 24.9. The molecule has 1 aromatic carbocycles. The van der Waals surface area contributed by atoms with Gasteiger partial charge in [-0.05, 0) is 36.8 Å². The summed E-state index contributed by atoms with van der Waals surface area (Å²) in [7, 11) is 0. The molecule has 1 aliphatic heterocycles. The molecule has 5 nitrogen and oxygen atoms in total. The van der Waals surface area contributed by atoms with E-state index in [-0.39, 0.29) is 17.4 Å². The van der Waals surface area contributed by atoms with Gasteiger partial charge in [0.15, 0.2) is 0 Å². The lowest BCUT2D eigenvalue weighted by molar-refractivity contribution is -0.179. The summed E-state index contributed by atoms with van der Waals surface area (Å²) < 4.78 is 37.1. The van der Waals surface area contributed by atoms with E-state index in [1.54, 1.807) is 6.07 Å². The molecule has 1 saturated carbocycles. The van der Waals surface area contributed by atoms with Crippen LogP contribution in [-0.2, 0) is 15.9 Å². The number of nitrogens with zero attached hydrogens (tertiary/aromatic N) is 1. The Morgan fingerprint density at radius 2 is 1.84 bits per heavy atom. The minimum absolute atomic E-state index is 0.0554. The number of morpholine rings is 1. The van der Waals surface area contributed by atoms with Crippen molar-refractivity contribution in [2.24, 2.45) is 5.92 Å². The number of nitrogens with one attached hydrogen (secondary N) is 1. The number of aromatic nitrogens is 1. The van der Waals surface area contributed by atoms with E-state index in [1.165, 1.54) is 0 Å². The first kappa shape index (κ1) is 22.0. The summed E-state index contributed by atoms with van der Waals surface area (Å²) in [5.74, 6) is -0.199. The van der Waals surface area contributed by atoms with E-state index < -0.39 is 12.7 Å². The molecule has 0 radical (unpaired) electrons. The van der Waals surface area contributed by atoms with Crippen LogP contribution >= 0.6 is 0 Å². The van der Waals surface area contributed by atoms with Crippen LogP contribution < -0.4 is 10.5 Å². The Kier molecular flexibility index (Phi) is 7.35. The van der Waals surface area contributed by atoms with E-state index in [2.05, 4.69) is 9.88 Å². The van der Waals surface area contributed by atoms with Crippen molar-refractivity contribution in [2.75, 3.05) is 31.2 Å². The van der Waals surface area contributed by atoms with Crippen LogP contribution in [0.1, 0.15) is 42.9 Å². The number of hydrogen-bond donors (Lipinski definition) is 1. The third-order valence-electron chi connectivity index (χ3n) is 6.47. The number of halogens is 2. The van der Waals surface area contributed by atoms with E-state index in [9.17, 15) is 13.6 Å². The number of anilines is 1. The average Bonchev–Trinajstić information content (AvgIpc) is 2.96. The summed E-state index contributed by atoms with van der Waals surface area (Å²) in [4.78, 5) is 17.7. The van der Waals surface area contributed by atoms with Gasteiger partial charge in [-0.2, -0.15) is 8.78 Å². The van der Waals surface area contributed by atoms with E-state index in [0.717, 1.165) is 49.3 Å². The fourth-order valence-electron chi connectivity index (χ4n) is 5.00. The van der Waals surface area contributed by atoms with Crippen molar-refractivity contribution in [1.29, 1.82) is 0 Å². The molecular weight excluding hydrogens is 402 g/mol. The summed E-state index contributed by atoms with van der Waals surface area (Å²) in [5, 5.41) is 0. The molecule has 1 unspecified atom stereocenters. The molecule has 168 valence electrons. The standard InChI is InChI=1S/C24H30F2N2O3/c25-24(26)31-22-9-5-4-8-19(20(22)14-17-6-2-1-3-7-17)21-15-18(16-23(29)27-21)28-10-12-30-13-11-28/h1-3,6-7,15-16,19-20,22,24H,4-5,8-14H2,(H,27,29)/t19?,20-,22-/m0/s1. The molecule has 2 aliphatic rings. The zero-order valence-electron chi connectivity index (χ0n) is 17.6. The minimum atomic E-state index is -2.80. The van der Waals surface area contributed by atoms with Crippen LogP contribution in [0.3, 0.4) is 0 Å². The van der Waals surface area contributed by atoms with Crippen molar-refractivity contribution in [3.8, 4) is 0 Å². The molecule has 7 heteroatoms. The van der Waals surface area contributed by atoms with Crippen LogP contribution in [0.15, 0.2) is 47.3 Å². The zero-order chi connectivity index (χ0) is 21.6. The van der Waals surface area contributed by atoms with Crippen molar-refractivity contribution >= 4 is 5.69 Å². The first-order valence-corrected chi connectivity index (χ1v) is 11.1. The van der Waals surface area contributed by atoms with Crippen LogP contribution in [0.25, 0.3) is 0 Å². The van der Waals surface area contributed by atoms with E-state index in [1.807, 2.05) is 36.4 Å². The molecule has 4 rings (SSSR count). The fraction of sp³-hybridized carbons (Fsp3) is 0.542. The molecule has 2 aromatic rings. The van der Waals surface area contributed by atoms with Crippen molar-refractivity contribution < 1.29 is 18.3 Å². The molecule has 3 atom stereocenters. The number of H-pyrrole nitrogens is 1. The summed E-state index contributed by atoms with van der Waals surface area (Å²) in [6.45, 7) is -0.0735. The lowest BCUT2D eigenvalue weighted by Crippen LogP contribution is -2.37. The molecule has 0 spiro atoms. The number of aromatic amines is 1. The van der Waals surface area contributed by atoms with Gasteiger partial charge in [0.1, 0.15) is 0 Å². The second-order valence-corrected chi connectivity index (χ2v) is 8.44. The number of rotatable bonds is 6. The molecule has 0 bridgehead atoms. The van der Waals surface area contributed by atoms with Gasteiger partial charge in [0.2, 0.25) is 5.56 Å². The smallest absolute Gasteiger partial charge is 0.345 e. The highest BCUT2D eigenvalue weighted by atomic mass is 19.3. The highest BCUT2D eigenvalue weighted by Gasteiger charge is 2.35. The summed E-state index contributed by atoms with van der Waals surface area (Å²) in [6.07, 6.45) is 3.28. The van der Waals surface area contributed by atoms with Gasteiger partial charge >= 0.3 is 6.61 Å². The Labute approximate surface area is 181 Å². The lowest BCUT2D eigenvalue weighted by atomic mass is 9.79. The van der Waals surface area contributed by atoms with Crippen LogP contribution in [0, 0.1) is 5.92 Å². The highest BCUT2D eigenvalue weighted by molar-refractivity contribution is 5.47. The van der Waals surface area contributed by atoms with Crippen LogP contribution in [0.2, 0.25) is 0 Å². The molecule has 2 fully saturated rings. The van der Waals surface area contributed by atoms with Gasteiger partial charge in [-0.25, -0.2) is 0 Å². The van der Waals surface area contributed by atoms with Gasteiger partial charge in [-0.1, -0.05) is 43.2 Å². The van der Waals surface area contributed by atoms with Crippen molar-refractivity contribution in [1.82, 2.24) is 4.98 Å². The van der Waals surface area contributed by atoms with Crippen molar-refractivity contribution in [3.05, 3.63) is 64.1 Å². The summed E-state index contributed by atoms with van der Waals surface area (Å²) in [6, 6.07) is 13.6. The number of benzene rings is 1. The molecule has 31 heavy (non-hydrogen) atoms. The van der Waals surface area contributed by atoms with Gasteiger partial charge < -0.3 is 19.4 Å². The first-order valence-electron chi connectivity index (χ1n) is 11.1. The van der Waals surface area contributed by atoms with E-state index in [4.69, 9.17) is 9.47 Å². The van der Waals surface area contributed by atoms with Crippen LogP contribution in [0.4, 0.5) is 14.5 Å². The second kappa shape index (κ2) is 10.4. The van der Waals surface area contributed by atoms with Crippen LogP contribution in [0.5, 0.6) is 0 Å². The molecule has 0 amide bonds. The molecule has 1 saturated heterocycles. The molecule has 1 aromatic heterocycles. The Morgan fingerprint density at radius 3 is 2.58 bits per heavy atom. The Morgan fingerprint density at radius 1 is 1.10 bits per heavy atom. The van der Waals surface area contributed by atoms with Gasteiger partial charge in [-0.15, -0.1) is 0 Å². The van der Waals surface area contributed by atoms with Gasteiger partial charge in [0.25, 0.3) is 0 Å². The Balaban J connectivity index is 1.68. The number of hydrogen-bond acceptors (Lipinski definition) is 4. The topological polar surface area (TPSA) is 54.6 Å². The predicted octanol–water partition coefficient (Wildman–Crippen LogP) is 4.34. The molecular formula is C24H30F2N2O3. The first-order chi connectivity index (χ1) is 15.1. The van der Waals surface area contributed by atoms with Gasteiger partial charge in [0, 0.05) is 36.5 Å². The summed E-state index contributed by atoms with van der Waals surface area (Å²) in [5.41, 5.74) is 2.62. The summed E-state index contributed by atoms with van der Waals surface area (Å²) >= 11 is 0.